The third-order valence-electron chi connectivity index (χ3n) is 2.29. The minimum absolute atomic E-state index is 0.310. The van der Waals surface area contributed by atoms with E-state index < -0.39 is 0 Å². The van der Waals surface area contributed by atoms with Gasteiger partial charge >= 0.3 is 0 Å². The predicted octanol–water partition coefficient (Wildman–Crippen LogP) is 1.61. The van der Waals surface area contributed by atoms with Gasteiger partial charge in [-0.1, -0.05) is 5.16 Å². The Balaban J connectivity index is 2.07. The first kappa shape index (κ1) is 9.02. The van der Waals surface area contributed by atoms with Gasteiger partial charge < -0.3 is 4.52 Å². The number of rotatable bonds is 2. The van der Waals surface area contributed by atoms with Crippen LogP contribution in [0.2, 0.25) is 0 Å². The zero-order valence-electron chi connectivity index (χ0n) is 8.17. The minimum atomic E-state index is -0.310. The van der Waals surface area contributed by atoms with Crippen LogP contribution in [0.25, 0.3) is 11.0 Å². The van der Waals surface area contributed by atoms with E-state index in [1.807, 2.05) is 0 Å². The summed E-state index contributed by atoms with van der Waals surface area (Å²) >= 11 is 0. The van der Waals surface area contributed by atoms with Crippen molar-refractivity contribution in [2.75, 3.05) is 0 Å². The normalized spacial score (nSPS) is 11.1. The molecule has 3 rings (SSSR count). The van der Waals surface area contributed by atoms with Crippen molar-refractivity contribution in [2.24, 2.45) is 0 Å². The molecule has 0 N–H and O–H groups in total. The monoisotopic (exact) mass is 218 g/mol. The van der Waals surface area contributed by atoms with Gasteiger partial charge in [0.1, 0.15) is 24.2 Å². The average molecular weight is 218 g/mol. The Morgan fingerprint density at radius 1 is 1.38 bits per heavy atom. The Morgan fingerprint density at radius 3 is 3.12 bits per heavy atom. The van der Waals surface area contributed by atoms with Gasteiger partial charge in [0.25, 0.3) is 0 Å². The maximum atomic E-state index is 13.1. The van der Waals surface area contributed by atoms with Crippen LogP contribution >= 0.6 is 0 Å². The van der Waals surface area contributed by atoms with Crippen molar-refractivity contribution in [3.05, 3.63) is 42.4 Å². The lowest BCUT2D eigenvalue weighted by molar-refractivity contribution is 0.440. The van der Waals surface area contributed by atoms with Gasteiger partial charge in [0, 0.05) is 5.39 Å². The summed E-state index contributed by atoms with van der Waals surface area (Å²) in [7, 11) is 0. The Morgan fingerprint density at radius 2 is 2.31 bits per heavy atom. The number of hydrogen-bond donors (Lipinski definition) is 0. The molecule has 0 aliphatic rings. The molecule has 0 unspecified atom stereocenters. The van der Waals surface area contributed by atoms with Crippen molar-refractivity contribution < 1.29 is 8.91 Å². The molecule has 6 heteroatoms. The van der Waals surface area contributed by atoms with E-state index in [-0.39, 0.29) is 5.82 Å². The molecule has 80 valence electrons. The van der Waals surface area contributed by atoms with E-state index in [0.29, 0.717) is 23.2 Å². The predicted molar refractivity (Wildman–Crippen MR) is 53.1 cm³/mol. The van der Waals surface area contributed by atoms with Gasteiger partial charge in [0.05, 0.1) is 6.54 Å². The SMILES string of the molecule is Fc1ccc2onc(Cn3cncn3)c2c1. The molecular formula is C10H7FN4O. The second-order valence-corrected chi connectivity index (χ2v) is 3.36. The maximum absolute atomic E-state index is 13.1. The number of nitrogens with zero attached hydrogens (tertiary/aromatic N) is 4. The van der Waals surface area contributed by atoms with E-state index in [2.05, 4.69) is 15.2 Å². The Kier molecular flexibility index (Phi) is 1.92. The van der Waals surface area contributed by atoms with Crippen LogP contribution in [-0.4, -0.2) is 19.9 Å². The van der Waals surface area contributed by atoms with Crippen LogP contribution in [0.1, 0.15) is 5.69 Å². The molecular weight excluding hydrogens is 211 g/mol. The van der Waals surface area contributed by atoms with Crippen LogP contribution in [0.4, 0.5) is 4.39 Å². The maximum Gasteiger partial charge on any atom is 0.167 e. The summed E-state index contributed by atoms with van der Waals surface area (Å²) in [5.41, 5.74) is 1.21. The molecule has 0 spiro atoms. The minimum Gasteiger partial charge on any atom is -0.356 e. The number of halogens is 1. The number of hydrogen-bond acceptors (Lipinski definition) is 4. The summed E-state index contributed by atoms with van der Waals surface area (Å²) in [6, 6.07) is 4.30. The Hall–Kier alpha value is -2.24. The summed E-state index contributed by atoms with van der Waals surface area (Å²) in [4.78, 5) is 3.82. The number of aromatic nitrogens is 4. The zero-order chi connectivity index (χ0) is 11.0. The fraction of sp³-hybridized carbons (Fsp3) is 0.100. The molecule has 0 amide bonds. The Labute approximate surface area is 89.5 Å². The van der Waals surface area contributed by atoms with Crippen LogP contribution in [-0.2, 0) is 6.54 Å². The molecule has 0 saturated carbocycles. The molecule has 0 aliphatic carbocycles. The fourth-order valence-corrected chi connectivity index (χ4v) is 1.54. The van der Waals surface area contributed by atoms with E-state index in [0.717, 1.165) is 0 Å². The topological polar surface area (TPSA) is 56.7 Å². The smallest absolute Gasteiger partial charge is 0.167 e. The molecule has 0 saturated heterocycles. The van der Waals surface area contributed by atoms with Crippen LogP contribution in [0.3, 0.4) is 0 Å². The highest BCUT2D eigenvalue weighted by molar-refractivity contribution is 5.79. The van der Waals surface area contributed by atoms with E-state index in [1.54, 1.807) is 17.1 Å². The molecule has 16 heavy (non-hydrogen) atoms. The first-order valence-corrected chi connectivity index (χ1v) is 4.69. The second-order valence-electron chi connectivity index (χ2n) is 3.36. The van der Waals surface area contributed by atoms with Crippen molar-refractivity contribution in [2.45, 2.75) is 6.54 Å². The molecule has 0 atom stereocenters. The summed E-state index contributed by atoms with van der Waals surface area (Å²) in [6.07, 6.45) is 3.00. The second kappa shape index (κ2) is 3.41. The molecule has 0 radical (unpaired) electrons. The van der Waals surface area contributed by atoms with Crippen molar-refractivity contribution in [1.29, 1.82) is 0 Å². The van der Waals surface area contributed by atoms with Gasteiger partial charge in [-0.15, -0.1) is 0 Å². The van der Waals surface area contributed by atoms with Crippen molar-refractivity contribution in [1.82, 2.24) is 19.9 Å². The third-order valence-corrected chi connectivity index (χ3v) is 2.29. The molecule has 0 bridgehead atoms. The largest absolute Gasteiger partial charge is 0.356 e. The van der Waals surface area contributed by atoms with Gasteiger partial charge in [-0.2, -0.15) is 5.10 Å². The highest BCUT2D eigenvalue weighted by Gasteiger charge is 2.09. The lowest BCUT2D eigenvalue weighted by Gasteiger charge is -1.95. The molecule has 3 aromatic rings. The third kappa shape index (κ3) is 1.44. The van der Waals surface area contributed by atoms with E-state index >= 15 is 0 Å². The van der Waals surface area contributed by atoms with E-state index in [1.165, 1.54) is 18.5 Å². The molecule has 2 aromatic heterocycles. The van der Waals surface area contributed by atoms with E-state index in [9.17, 15) is 4.39 Å². The van der Waals surface area contributed by atoms with Crippen molar-refractivity contribution in [3.8, 4) is 0 Å². The quantitative estimate of drug-likeness (QED) is 0.655. The fourth-order valence-electron chi connectivity index (χ4n) is 1.54. The summed E-state index contributed by atoms with van der Waals surface area (Å²) in [6.45, 7) is 0.413. The van der Waals surface area contributed by atoms with Crippen LogP contribution < -0.4 is 0 Å². The lowest BCUT2D eigenvalue weighted by Crippen LogP contribution is -2.00. The number of benzene rings is 1. The summed E-state index contributed by atoms with van der Waals surface area (Å²) in [5.74, 6) is -0.310. The summed E-state index contributed by atoms with van der Waals surface area (Å²) in [5, 5.41) is 8.49. The average Bonchev–Trinajstić information content (AvgIpc) is 2.90. The van der Waals surface area contributed by atoms with Crippen LogP contribution in [0.5, 0.6) is 0 Å². The zero-order valence-corrected chi connectivity index (χ0v) is 8.17. The standard InChI is InChI=1S/C10H7FN4O/c11-7-1-2-10-8(3-7)9(14-16-10)4-15-6-12-5-13-15/h1-3,5-6H,4H2. The lowest BCUT2D eigenvalue weighted by atomic mass is 10.2. The summed E-state index contributed by atoms with van der Waals surface area (Å²) < 4.78 is 19.7. The van der Waals surface area contributed by atoms with E-state index in [4.69, 9.17) is 4.52 Å². The first-order chi connectivity index (χ1) is 7.83. The van der Waals surface area contributed by atoms with Gasteiger partial charge in [-0.3, -0.25) is 0 Å². The van der Waals surface area contributed by atoms with Crippen LogP contribution in [0, 0.1) is 5.82 Å². The molecule has 1 aromatic carbocycles. The highest BCUT2D eigenvalue weighted by Crippen LogP contribution is 2.19. The van der Waals surface area contributed by atoms with Gasteiger partial charge in [0.2, 0.25) is 0 Å². The van der Waals surface area contributed by atoms with Gasteiger partial charge in [-0.25, -0.2) is 14.1 Å². The highest BCUT2D eigenvalue weighted by atomic mass is 19.1. The van der Waals surface area contributed by atoms with Crippen molar-refractivity contribution >= 4 is 11.0 Å². The van der Waals surface area contributed by atoms with Gasteiger partial charge in [0.15, 0.2) is 5.58 Å². The first-order valence-electron chi connectivity index (χ1n) is 4.69. The molecule has 0 fully saturated rings. The molecule has 2 heterocycles. The number of fused-ring (bicyclic) bond motifs is 1. The molecule has 0 aliphatic heterocycles. The Bertz CT molecular complexity index is 617. The van der Waals surface area contributed by atoms with Crippen molar-refractivity contribution in [3.63, 3.8) is 0 Å². The van der Waals surface area contributed by atoms with Crippen LogP contribution in [0.15, 0.2) is 35.4 Å². The molecule has 5 nitrogen and oxygen atoms in total. The van der Waals surface area contributed by atoms with Gasteiger partial charge in [-0.05, 0) is 18.2 Å².